The molecule has 0 amide bonds. The van der Waals surface area contributed by atoms with Gasteiger partial charge in [-0.25, -0.2) is 0 Å². The van der Waals surface area contributed by atoms with E-state index in [4.69, 9.17) is 15.2 Å². The Morgan fingerprint density at radius 3 is 2.78 bits per heavy atom. The predicted molar refractivity (Wildman–Crippen MR) is 71.3 cm³/mol. The molecule has 2 aliphatic heterocycles. The summed E-state index contributed by atoms with van der Waals surface area (Å²) in [6, 6.07) is 0.379. The number of nitrogens with two attached hydrogens (primary N) is 1. The van der Waals surface area contributed by atoms with Crippen LogP contribution in [0.4, 0.5) is 0 Å². The minimum atomic E-state index is 0.0162. The van der Waals surface area contributed by atoms with Crippen molar-refractivity contribution in [2.45, 2.75) is 57.1 Å². The molecule has 0 aromatic carbocycles. The monoisotopic (exact) mass is 253 g/mol. The fourth-order valence-electron chi connectivity index (χ4n) is 4.35. The van der Waals surface area contributed by atoms with Crippen LogP contribution in [0.2, 0.25) is 0 Å². The first-order valence-corrected chi connectivity index (χ1v) is 7.67. The Labute approximate surface area is 110 Å². The van der Waals surface area contributed by atoms with Gasteiger partial charge in [0.15, 0.2) is 0 Å². The first-order chi connectivity index (χ1) is 8.70. The Morgan fingerprint density at radius 1 is 1.22 bits per heavy atom. The van der Waals surface area contributed by atoms with Crippen molar-refractivity contribution < 1.29 is 9.47 Å². The van der Waals surface area contributed by atoms with Crippen molar-refractivity contribution in [3.63, 3.8) is 0 Å². The van der Waals surface area contributed by atoms with E-state index < -0.39 is 0 Å². The summed E-state index contributed by atoms with van der Waals surface area (Å²) >= 11 is 0. The highest BCUT2D eigenvalue weighted by Gasteiger charge is 2.44. The van der Waals surface area contributed by atoms with E-state index in [2.05, 4.69) is 6.92 Å². The Morgan fingerprint density at radius 2 is 2.11 bits per heavy atom. The van der Waals surface area contributed by atoms with E-state index in [-0.39, 0.29) is 5.60 Å². The molecule has 1 aliphatic carbocycles. The maximum absolute atomic E-state index is 6.60. The van der Waals surface area contributed by atoms with Crippen molar-refractivity contribution >= 4 is 0 Å². The normalized spacial score (nSPS) is 46.7. The topological polar surface area (TPSA) is 44.5 Å². The van der Waals surface area contributed by atoms with Crippen LogP contribution >= 0.6 is 0 Å². The van der Waals surface area contributed by atoms with Gasteiger partial charge in [-0.15, -0.1) is 0 Å². The molecular formula is C15H27NO2. The van der Waals surface area contributed by atoms with Crippen LogP contribution in [0, 0.1) is 17.8 Å². The number of ether oxygens (including phenoxy) is 2. The molecule has 1 spiro atoms. The highest BCUT2D eigenvalue weighted by atomic mass is 16.6. The van der Waals surface area contributed by atoms with Crippen molar-refractivity contribution in [3.8, 4) is 0 Å². The first-order valence-electron chi connectivity index (χ1n) is 7.67. The minimum absolute atomic E-state index is 0.0162. The van der Waals surface area contributed by atoms with Crippen molar-refractivity contribution in [3.05, 3.63) is 0 Å². The van der Waals surface area contributed by atoms with Gasteiger partial charge in [0, 0.05) is 25.7 Å². The summed E-state index contributed by atoms with van der Waals surface area (Å²) in [5.41, 5.74) is 6.61. The third-order valence-electron chi connectivity index (χ3n) is 5.56. The molecule has 3 rings (SSSR count). The lowest BCUT2D eigenvalue weighted by molar-refractivity contribution is -0.104. The van der Waals surface area contributed by atoms with Crippen LogP contribution in [0.15, 0.2) is 0 Å². The molecule has 0 aromatic heterocycles. The van der Waals surface area contributed by atoms with Gasteiger partial charge in [-0.3, -0.25) is 0 Å². The molecule has 1 saturated carbocycles. The lowest BCUT2D eigenvalue weighted by Gasteiger charge is -2.41. The van der Waals surface area contributed by atoms with Gasteiger partial charge in [-0.2, -0.15) is 0 Å². The number of rotatable bonds is 2. The standard InChI is InChI=1S/C15H27NO2/c1-11-3-2-4-13(11)14(16)12-5-7-18-15(9-12)6-8-17-10-15/h11-14H,2-10,16H2,1H3. The van der Waals surface area contributed by atoms with Gasteiger partial charge in [0.25, 0.3) is 0 Å². The zero-order valence-corrected chi connectivity index (χ0v) is 11.6. The van der Waals surface area contributed by atoms with Gasteiger partial charge >= 0.3 is 0 Å². The zero-order chi connectivity index (χ0) is 12.6. The fraction of sp³-hybridized carbons (Fsp3) is 1.00. The SMILES string of the molecule is CC1CCCC1C(N)C1CCOC2(CCOC2)C1. The van der Waals surface area contributed by atoms with Crippen LogP contribution < -0.4 is 5.73 Å². The van der Waals surface area contributed by atoms with Crippen LogP contribution in [0.25, 0.3) is 0 Å². The summed E-state index contributed by atoms with van der Waals surface area (Å²) < 4.78 is 11.6. The maximum atomic E-state index is 6.60. The first kappa shape index (κ1) is 12.9. The largest absolute Gasteiger partial charge is 0.378 e. The molecule has 0 aromatic rings. The Bertz CT molecular complexity index is 288. The van der Waals surface area contributed by atoms with E-state index >= 15 is 0 Å². The third-order valence-corrected chi connectivity index (χ3v) is 5.56. The smallest absolute Gasteiger partial charge is 0.0939 e. The van der Waals surface area contributed by atoms with Gasteiger partial charge in [0.2, 0.25) is 0 Å². The second-order valence-corrected chi connectivity index (χ2v) is 6.74. The molecule has 104 valence electrons. The summed E-state index contributed by atoms with van der Waals surface area (Å²) in [6.07, 6.45) is 7.41. The van der Waals surface area contributed by atoms with Crippen LogP contribution in [-0.4, -0.2) is 31.5 Å². The number of hydrogen-bond acceptors (Lipinski definition) is 3. The van der Waals surface area contributed by atoms with Crippen molar-refractivity contribution in [1.82, 2.24) is 0 Å². The lowest BCUT2D eigenvalue weighted by atomic mass is 9.75. The Hall–Kier alpha value is -0.120. The summed E-state index contributed by atoms with van der Waals surface area (Å²) in [5, 5.41) is 0. The Kier molecular flexibility index (Phi) is 3.65. The average Bonchev–Trinajstić information content (AvgIpc) is 2.98. The summed E-state index contributed by atoms with van der Waals surface area (Å²) in [4.78, 5) is 0. The van der Waals surface area contributed by atoms with Crippen LogP contribution in [0.3, 0.4) is 0 Å². The summed E-state index contributed by atoms with van der Waals surface area (Å²) in [6.45, 7) is 4.91. The van der Waals surface area contributed by atoms with Crippen molar-refractivity contribution in [1.29, 1.82) is 0 Å². The Balaban J connectivity index is 1.64. The van der Waals surface area contributed by atoms with E-state index in [1.165, 1.54) is 19.3 Å². The van der Waals surface area contributed by atoms with Crippen LogP contribution in [0.1, 0.15) is 45.4 Å². The van der Waals surface area contributed by atoms with E-state index in [0.29, 0.717) is 12.0 Å². The molecule has 3 fully saturated rings. The van der Waals surface area contributed by atoms with Gasteiger partial charge in [0.1, 0.15) is 0 Å². The molecular weight excluding hydrogens is 226 g/mol. The molecule has 3 heteroatoms. The molecule has 18 heavy (non-hydrogen) atoms. The fourth-order valence-corrected chi connectivity index (χ4v) is 4.35. The van der Waals surface area contributed by atoms with Crippen LogP contribution in [0.5, 0.6) is 0 Å². The van der Waals surface area contributed by atoms with Gasteiger partial charge in [-0.1, -0.05) is 19.8 Å². The van der Waals surface area contributed by atoms with Crippen molar-refractivity contribution in [2.24, 2.45) is 23.5 Å². The van der Waals surface area contributed by atoms with E-state index in [1.54, 1.807) is 0 Å². The quantitative estimate of drug-likeness (QED) is 0.821. The van der Waals surface area contributed by atoms with Gasteiger partial charge in [0.05, 0.1) is 12.2 Å². The molecule has 2 N–H and O–H groups in total. The van der Waals surface area contributed by atoms with Crippen LogP contribution in [-0.2, 0) is 9.47 Å². The molecule has 0 radical (unpaired) electrons. The zero-order valence-electron chi connectivity index (χ0n) is 11.6. The maximum Gasteiger partial charge on any atom is 0.0939 e. The highest BCUT2D eigenvalue weighted by molar-refractivity contribution is 4.96. The highest BCUT2D eigenvalue weighted by Crippen LogP contribution is 2.42. The van der Waals surface area contributed by atoms with E-state index in [0.717, 1.165) is 50.9 Å². The predicted octanol–water partition coefficient (Wildman–Crippen LogP) is 2.34. The molecule has 5 atom stereocenters. The number of hydrogen-bond donors (Lipinski definition) is 1. The minimum Gasteiger partial charge on any atom is -0.378 e. The van der Waals surface area contributed by atoms with Gasteiger partial charge < -0.3 is 15.2 Å². The van der Waals surface area contributed by atoms with Gasteiger partial charge in [-0.05, 0) is 37.0 Å². The van der Waals surface area contributed by atoms with E-state index in [9.17, 15) is 0 Å². The second-order valence-electron chi connectivity index (χ2n) is 6.74. The van der Waals surface area contributed by atoms with E-state index in [1.807, 2.05) is 0 Å². The molecule has 5 unspecified atom stereocenters. The van der Waals surface area contributed by atoms with Crippen molar-refractivity contribution in [2.75, 3.05) is 19.8 Å². The molecule has 2 heterocycles. The summed E-state index contributed by atoms with van der Waals surface area (Å²) in [7, 11) is 0. The molecule has 3 aliphatic rings. The summed E-state index contributed by atoms with van der Waals surface area (Å²) in [5.74, 6) is 2.21. The second kappa shape index (κ2) is 5.10. The molecule has 2 saturated heterocycles. The molecule has 0 bridgehead atoms. The lowest BCUT2D eigenvalue weighted by Crippen LogP contribution is -2.48. The third kappa shape index (κ3) is 2.33. The molecule has 3 nitrogen and oxygen atoms in total. The average molecular weight is 253 g/mol.